The third kappa shape index (κ3) is 5.53. The van der Waals surface area contributed by atoms with Gasteiger partial charge in [-0.05, 0) is 75.8 Å². The number of quaternary nitrogens is 1. The van der Waals surface area contributed by atoms with Crippen molar-refractivity contribution in [3.8, 4) is 0 Å². The first-order valence-corrected chi connectivity index (χ1v) is 12.4. The number of carbonyl (C=O) groups excluding carboxylic acids is 1. The van der Waals surface area contributed by atoms with Gasteiger partial charge < -0.3 is 15.0 Å². The maximum Gasteiger partial charge on any atom is 0.414 e. The Kier molecular flexibility index (Phi) is 7.13. The molecule has 34 heavy (non-hydrogen) atoms. The van der Waals surface area contributed by atoms with Crippen LogP contribution in [0.1, 0.15) is 51.7 Å². The molecule has 5 nitrogen and oxygen atoms in total. The lowest BCUT2D eigenvalue weighted by Gasteiger charge is -2.27. The maximum atomic E-state index is 12.5. The smallest absolute Gasteiger partial charge is 0.414 e. The average molecular weight is 461 g/mol. The molecular weight excluding hydrogens is 422 g/mol. The van der Waals surface area contributed by atoms with Gasteiger partial charge in [0.05, 0.1) is 12.2 Å². The van der Waals surface area contributed by atoms with E-state index in [0.717, 1.165) is 31.5 Å². The molecule has 2 aromatic carbocycles. The van der Waals surface area contributed by atoms with E-state index in [1.807, 2.05) is 27.8 Å². The van der Waals surface area contributed by atoms with Crippen molar-refractivity contribution in [1.29, 1.82) is 0 Å². The molecule has 0 spiro atoms. The predicted molar refractivity (Wildman–Crippen MR) is 138 cm³/mol. The number of amides is 1. The highest BCUT2D eigenvalue weighted by Crippen LogP contribution is 2.36. The largest absolute Gasteiger partial charge is 0.443 e. The summed E-state index contributed by atoms with van der Waals surface area (Å²) in [6.45, 7) is 10.0. The van der Waals surface area contributed by atoms with Gasteiger partial charge in [0.15, 0.2) is 0 Å². The fourth-order valence-electron chi connectivity index (χ4n) is 4.91. The van der Waals surface area contributed by atoms with E-state index in [1.54, 1.807) is 4.90 Å². The van der Waals surface area contributed by atoms with E-state index in [2.05, 4.69) is 71.9 Å². The number of rotatable bonds is 2. The first kappa shape index (κ1) is 24.1. The number of anilines is 1. The number of likely N-dealkylation sites (N-methyl/N-ethyl adjacent to an activating group) is 1. The van der Waals surface area contributed by atoms with Crippen LogP contribution in [-0.4, -0.2) is 36.7 Å². The highest BCUT2D eigenvalue weighted by molar-refractivity contribution is 5.72. The number of nitrogens with two attached hydrogens (primary N) is 1. The number of fused-ring (bicyclic) bond motifs is 2. The van der Waals surface area contributed by atoms with Gasteiger partial charge in [0.1, 0.15) is 11.3 Å². The molecule has 2 heterocycles. The monoisotopic (exact) mass is 460 g/mol. The first-order valence-electron chi connectivity index (χ1n) is 12.4. The van der Waals surface area contributed by atoms with E-state index >= 15 is 0 Å². The molecule has 0 saturated carbocycles. The molecule has 0 fully saturated rings. The van der Waals surface area contributed by atoms with Crippen LogP contribution >= 0.6 is 0 Å². The van der Waals surface area contributed by atoms with Gasteiger partial charge in [0.2, 0.25) is 0 Å². The van der Waals surface area contributed by atoms with E-state index < -0.39 is 5.60 Å². The molecule has 0 saturated heterocycles. The second-order valence-electron chi connectivity index (χ2n) is 10.3. The molecule has 0 bridgehead atoms. The van der Waals surface area contributed by atoms with Crippen LogP contribution in [-0.2, 0) is 17.6 Å². The number of allylic oxidation sites excluding steroid dienone is 2. The van der Waals surface area contributed by atoms with Crippen LogP contribution in [0.3, 0.4) is 0 Å². The Morgan fingerprint density at radius 3 is 2.44 bits per heavy atom. The third-order valence-electron chi connectivity index (χ3n) is 6.55. The zero-order valence-corrected chi connectivity index (χ0v) is 21.2. The predicted octanol–water partition coefficient (Wildman–Crippen LogP) is 5.31. The molecule has 0 radical (unpaired) electrons. The number of hydrogen-bond acceptors (Lipinski definition) is 3. The van der Waals surface area contributed by atoms with Gasteiger partial charge in [-0.25, -0.2) is 4.79 Å². The normalized spacial score (nSPS) is 17.9. The lowest BCUT2D eigenvalue weighted by atomic mass is 10.1. The van der Waals surface area contributed by atoms with Crippen LogP contribution in [0.25, 0.3) is 0 Å². The molecule has 2 aliphatic heterocycles. The second kappa shape index (κ2) is 10.1. The zero-order valence-electron chi connectivity index (χ0n) is 21.2. The van der Waals surface area contributed by atoms with Gasteiger partial charge in [0, 0.05) is 37.5 Å². The summed E-state index contributed by atoms with van der Waals surface area (Å²) in [6, 6.07) is 17.1. The van der Waals surface area contributed by atoms with E-state index in [0.29, 0.717) is 0 Å². The van der Waals surface area contributed by atoms with Gasteiger partial charge >= 0.3 is 6.09 Å². The molecule has 0 unspecified atom stereocenters. The Bertz CT molecular complexity index is 1090. The topological polar surface area (TPSA) is 49.4 Å². The molecule has 180 valence electrons. The number of carbonyl (C=O) groups is 1. The Hall–Kier alpha value is -3.05. The van der Waals surface area contributed by atoms with Gasteiger partial charge in [-0.2, -0.15) is 0 Å². The van der Waals surface area contributed by atoms with Crippen molar-refractivity contribution in [3.63, 3.8) is 0 Å². The Morgan fingerprint density at radius 2 is 1.71 bits per heavy atom. The quantitative estimate of drug-likeness (QED) is 0.618. The van der Waals surface area contributed by atoms with Crippen molar-refractivity contribution in [2.24, 2.45) is 0 Å². The van der Waals surface area contributed by atoms with E-state index in [9.17, 15) is 4.79 Å². The highest BCUT2D eigenvalue weighted by Gasteiger charge is 2.29. The van der Waals surface area contributed by atoms with Crippen LogP contribution in [0.5, 0.6) is 0 Å². The fraction of sp³-hybridized carbons (Fsp3) is 0.414. The van der Waals surface area contributed by atoms with E-state index in [4.69, 9.17) is 4.74 Å². The Balaban J connectivity index is 0.000000252. The molecule has 2 aromatic rings. The zero-order chi connectivity index (χ0) is 24.3. The van der Waals surface area contributed by atoms with Crippen LogP contribution in [0.15, 0.2) is 71.6 Å². The number of hydrogen-bond donors (Lipinski definition) is 1. The van der Waals surface area contributed by atoms with Crippen LogP contribution in [0.4, 0.5) is 16.2 Å². The summed E-state index contributed by atoms with van der Waals surface area (Å²) in [4.78, 5) is 16.5. The molecule has 2 N–H and O–H groups in total. The van der Waals surface area contributed by atoms with Crippen molar-refractivity contribution in [3.05, 3.63) is 82.7 Å². The number of benzene rings is 2. The molecular formula is C29H38N3O2+. The summed E-state index contributed by atoms with van der Waals surface area (Å²) in [5.41, 5.74) is 8.60. The summed E-state index contributed by atoms with van der Waals surface area (Å²) < 4.78 is 5.55. The summed E-state index contributed by atoms with van der Waals surface area (Å²) in [7, 11) is 1.81. The van der Waals surface area contributed by atoms with Gasteiger partial charge in [0.25, 0.3) is 0 Å². The molecule has 0 aromatic heterocycles. The van der Waals surface area contributed by atoms with Crippen molar-refractivity contribution >= 4 is 17.5 Å². The van der Waals surface area contributed by atoms with Crippen LogP contribution in [0, 0.1) is 0 Å². The Morgan fingerprint density at radius 1 is 1.00 bits per heavy atom. The Labute approximate surface area is 204 Å². The minimum atomic E-state index is -0.490. The molecule has 5 heteroatoms. The molecule has 0 atom stereocenters. The first-order chi connectivity index (χ1) is 16.2. The number of ether oxygens (including phenoxy) is 1. The minimum absolute atomic E-state index is 0.295. The second-order valence-corrected chi connectivity index (χ2v) is 10.3. The highest BCUT2D eigenvalue weighted by atomic mass is 16.6. The van der Waals surface area contributed by atoms with Crippen LogP contribution in [0.2, 0.25) is 0 Å². The van der Waals surface area contributed by atoms with Crippen molar-refractivity contribution < 1.29 is 14.8 Å². The lowest BCUT2D eigenvalue weighted by Crippen LogP contribution is -2.75. The van der Waals surface area contributed by atoms with Gasteiger partial charge in [-0.15, -0.1) is 0 Å². The maximum absolute atomic E-state index is 12.5. The van der Waals surface area contributed by atoms with E-state index in [-0.39, 0.29) is 6.09 Å². The molecule has 1 amide bonds. The van der Waals surface area contributed by atoms with Gasteiger partial charge in [-0.3, -0.25) is 4.90 Å². The molecule has 3 aliphatic rings. The van der Waals surface area contributed by atoms with E-state index in [1.165, 1.54) is 46.6 Å². The summed E-state index contributed by atoms with van der Waals surface area (Å²) in [5, 5.41) is 2.30. The SMILES string of the molecule is CC1=C(N(C)C(=O)OC(C)(C)C)/C(=C/N2CCc3ccccc32)CC1.c1ccc2c(c1)CC[NH2+]2. The summed E-state index contributed by atoms with van der Waals surface area (Å²) >= 11 is 0. The molecule has 5 rings (SSSR count). The number of nitrogens with zero attached hydrogens (tertiary/aromatic N) is 2. The van der Waals surface area contributed by atoms with Crippen molar-refractivity contribution in [1.82, 2.24) is 4.90 Å². The van der Waals surface area contributed by atoms with Crippen LogP contribution < -0.4 is 10.2 Å². The van der Waals surface area contributed by atoms with Crippen molar-refractivity contribution in [2.45, 2.75) is 59.0 Å². The minimum Gasteiger partial charge on any atom is -0.443 e. The molecule has 1 aliphatic carbocycles. The summed E-state index contributed by atoms with van der Waals surface area (Å²) in [5.74, 6) is 0. The average Bonchev–Trinajstić information content (AvgIpc) is 3.52. The third-order valence-corrected chi connectivity index (χ3v) is 6.55. The fourth-order valence-corrected chi connectivity index (χ4v) is 4.91. The standard InChI is InChI=1S/C21H28N2O2.C8H9N/c1-15-10-11-17(19(15)22(5)20(24)25-21(2,3)4)14-23-13-12-16-8-6-7-9-18(16)23;1-2-4-8-7(3-1)5-6-9-8/h6-9,14H,10-13H2,1-5H3;1-4,9H,5-6H2/p+1/b17-14+;. The summed E-state index contributed by atoms with van der Waals surface area (Å²) in [6.07, 6.45) is 6.20. The number of para-hydroxylation sites is 2. The van der Waals surface area contributed by atoms with Gasteiger partial charge in [-0.1, -0.05) is 36.4 Å². The van der Waals surface area contributed by atoms with Crippen molar-refractivity contribution in [2.75, 3.05) is 25.0 Å². The lowest BCUT2D eigenvalue weighted by molar-refractivity contribution is -0.561.